The van der Waals surface area contributed by atoms with Crippen LogP contribution in [0.4, 0.5) is 5.69 Å². The van der Waals surface area contributed by atoms with Crippen LogP contribution in [-0.4, -0.2) is 15.5 Å². The fourth-order valence-corrected chi connectivity index (χ4v) is 3.25. The lowest BCUT2D eigenvalue weighted by molar-refractivity contribution is 0.835. The summed E-state index contributed by atoms with van der Waals surface area (Å²) in [5.74, 6) is 0. The van der Waals surface area contributed by atoms with Gasteiger partial charge in [0.2, 0.25) is 0 Å². The van der Waals surface area contributed by atoms with E-state index in [1.165, 1.54) is 0 Å². The Morgan fingerprint density at radius 2 is 1.43 bits per heavy atom. The Bertz CT molecular complexity index is 1190. The molecular formula is C24H21N3O. The van der Waals surface area contributed by atoms with Crippen LogP contribution in [0.2, 0.25) is 0 Å². The SMILES string of the molecule is Cc1ccccc1N=C(c1ccccc1)c1c(C)[nH]n(-c2ccccc2)c1=O. The summed E-state index contributed by atoms with van der Waals surface area (Å²) in [5, 5.41) is 3.20. The van der Waals surface area contributed by atoms with Gasteiger partial charge in [0.05, 0.1) is 22.6 Å². The molecule has 0 bridgehead atoms. The lowest BCUT2D eigenvalue weighted by Crippen LogP contribution is -2.21. The highest BCUT2D eigenvalue weighted by Crippen LogP contribution is 2.22. The van der Waals surface area contributed by atoms with E-state index in [0.29, 0.717) is 11.3 Å². The van der Waals surface area contributed by atoms with Gasteiger partial charge < -0.3 is 0 Å². The van der Waals surface area contributed by atoms with Gasteiger partial charge in [-0.2, -0.15) is 0 Å². The minimum Gasteiger partial charge on any atom is -0.295 e. The van der Waals surface area contributed by atoms with Crippen molar-refractivity contribution in [3.63, 3.8) is 0 Å². The van der Waals surface area contributed by atoms with E-state index in [2.05, 4.69) is 5.10 Å². The lowest BCUT2D eigenvalue weighted by Gasteiger charge is -2.07. The molecule has 28 heavy (non-hydrogen) atoms. The van der Waals surface area contributed by atoms with E-state index in [9.17, 15) is 4.79 Å². The molecule has 0 aliphatic carbocycles. The van der Waals surface area contributed by atoms with E-state index in [4.69, 9.17) is 4.99 Å². The van der Waals surface area contributed by atoms with Gasteiger partial charge in [0, 0.05) is 11.3 Å². The summed E-state index contributed by atoms with van der Waals surface area (Å²) in [6.45, 7) is 3.93. The molecule has 0 aliphatic heterocycles. The molecular weight excluding hydrogens is 346 g/mol. The predicted molar refractivity (Wildman–Crippen MR) is 114 cm³/mol. The van der Waals surface area contributed by atoms with Gasteiger partial charge in [-0.25, -0.2) is 9.67 Å². The first-order chi connectivity index (χ1) is 13.6. The minimum atomic E-state index is -0.111. The average Bonchev–Trinajstić information content (AvgIpc) is 3.03. The van der Waals surface area contributed by atoms with Crippen LogP contribution in [0.1, 0.15) is 22.4 Å². The molecule has 0 saturated heterocycles. The van der Waals surface area contributed by atoms with E-state index < -0.39 is 0 Å². The summed E-state index contributed by atoms with van der Waals surface area (Å²) < 4.78 is 1.57. The second kappa shape index (κ2) is 7.53. The van der Waals surface area contributed by atoms with E-state index in [0.717, 1.165) is 28.2 Å². The molecule has 0 aliphatic rings. The molecule has 1 heterocycles. The highest BCUT2D eigenvalue weighted by Gasteiger charge is 2.19. The Labute approximate surface area is 163 Å². The van der Waals surface area contributed by atoms with Crippen LogP contribution in [-0.2, 0) is 0 Å². The van der Waals surface area contributed by atoms with Gasteiger partial charge in [-0.1, -0.05) is 66.7 Å². The number of rotatable bonds is 4. The number of hydrogen-bond donors (Lipinski definition) is 1. The maximum Gasteiger partial charge on any atom is 0.280 e. The number of para-hydroxylation sites is 2. The number of benzene rings is 3. The number of aromatic nitrogens is 2. The van der Waals surface area contributed by atoms with Gasteiger partial charge in [0.15, 0.2) is 0 Å². The summed E-state index contributed by atoms with van der Waals surface area (Å²) in [6, 6.07) is 27.3. The smallest absolute Gasteiger partial charge is 0.280 e. The molecule has 0 atom stereocenters. The lowest BCUT2D eigenvalue weighted by atomic mass is 10.0. The van der Waals surface area contributed by atoms with Crippen molar-refractivity contribution in [3.05, 3.63) is 118 Å². The number of nitrogens with one attached hydrogen (secondary N) is 1. The van der Waals surface area contributed by atoms with E-state index in [1.807, 2.05) is 98.8 Å². The normalized spacial score (nSPS) is 11.6. The molecule has 0 fully saturated rings. The van der Waals surface area contributed by atoms with Crippen LogP contribution in [0, 0.1) is 13.8 Å². The molecule has 0 unspecified atom stereocenters. The number of hydrogen-bond acceptors (Lipinski definition) is 2. The van der Waals surface area contributed by atoms with Gasteiger partial charge in [0.1, 0.15) is 0 Å². The van der Waals surface area contributed by atoms with Gasteiger partial charge in [-0.05, 0) is 37.6 Å². The molecule has 4 aromatic rings. The summed E-state index contributed by atoms with van der Waals surface area (Å²) in [6.07, 6.45) is 0. The van der Waals surface area contributed by atoms with Gasteiger partial charge in [-0.3, -0.25) is 9.89 Å². The van der Waals surface area contributed by atoms with Crippen molar-refractivity contribution in [2.45, 2.75) is 13.8 Å². The van der Waals surface area contributed by atoms with Crippen molar-refractivity contribution >= 4 is 11.4 Å². The Kier molecular flexibility index (Phi) is 4.77. The van der Waals surface area contributed by atoms with Crippen LogP contribution in [0.15, 0.2) is 94.7 Å². The highest BCUT2D eigenvalue weighted by molar-refractivity contribution is 6.14. The zero-order valence-corrected chi connectivity index (χ0v) is 15.9. The topological polar surface area (TPSA) is 50.1 Å². The number of H-pyrrole nitrogens is 1. The van der Waals surface area contributed by atoms with Crippen LogP contribution < -0.4 is 5.56 Å². The first-order valence-electron chi connectivity index (χ1n) is 9.22. The molecule has 1 aromatic heterocycles. The zero-order chi connectivity index (χ0) is 19.5. The Hall–Kier alpha value is -3.66. The second-order valence-corrected chi connectivity index (χ2v) is 6.70. The molecule has 0 radical (unpaired) electrons. The van der Waals surface area contributed by atoms with Crippen LogP contribution >= 0.6 is 0 Å². The summed E-state index contributed by atoms with van der Waals surface area (Å²) in [7, 11) is 0. The zero-order valence-electron chi connectivity index (χ0n) is 15.9. The standard InChI is InChI=1S/C24H21N3O/c1-17-11-9-10-16-21(17)25-23(19-12-5-3-6-13-19)22-18(2)26-27(24(22)28)20-14-7-4-8-15-20/h3-16,26H,1-2H3. The van der Waals surface area contributed by atoms with E-state index in [1.54, 1.807) is 4.68 Å². The quantitative estimate of drug-likeness (QED) is 0.510. The molecule has 0 amide bonds. The third-order valence-corrected chi connectivity index (χ3v) is 4.72. The molecule has 1 N–H and O–H groups in total. The molecule has 0 spiro atoms. The summed E-state index contributed by atoms with van der Waals surface area (Å²) >= 11 is 0. The number of aromatic amines is 1. The number of aliphatic imine (C=N–C) groups is 1. The van der Waals surface area contributed by atoms with Crippen molar-refractivity contribution < 1.29 is 0 Å². The van der Waals surface area contributed by atoms with Crippen molar-refractivity contribution in [1.82, 2.24) is 9.78 Å². The molecule has 0 saturated carbocycles. The molecule has 138 valence electrons. The van der Waals surface area contributed by atoms with Crippen molar-refractivity contribution in [3.8, 4) is 5.69 Å². The average molecular weight is 367 g/mol. The van der Waals surface area contributed by atoms with Crippen LogP contribution in [0.3, 0.4) is 0 Å². The maximum absolute atomic E-state index is 13.3. The molecule has 4 nitrogen and oxygen atoms in total. The minimum absolute atomic E-state index is 0.111. The number of aryl methyl sites for hydroxylation is 2. The fourth-order valence-electron chi connectivity index (χ4n) is 3.25. The first-order valence-corrected chi connectivity index (χ1v) is 9.22. The Morgan fingerprint density at radius 3 is 2.11 bits per heavy atom. The van der Waals surface area contributed by atoms with Crippen LogP contribution in [0.5, 0.6) is 0 Å². The predicted octanol–water partition coefficient (Wildman–Crippen LogP) is 4.95. The second-order valence-electron chi connectivity index (χ2n) is 6.70. The van der Waals surface area contributed by atoms with E-state index in [-0.39, 0.29) is 5.56 Å². The van der Waals surface area contributed by atoms with E-state index >= 15 is 0 Å². The van der Waals surface area contributed by atoms with Crippen molar-refractivity contribution in [2.24, 2.45) is 4.99 Å². The Balaban J connectivity index is 1.96. The van der Waals surface area contributed by atoms with Gasteiger partial charge in [0.25, 0.3) is 5.56 Å². The van der Waals surface area contributed by atoms with Gasteiger partial charge >= 0.3 is 0 Å². The Morgan fingerprint density at radius 1 is 0.821 bits per heavy atom. The van der Waals surface area contributed by atoms with Crippen molar-refractivity contribution in [2.75, 3.05) is 0 Å². The first kappa shape index (κ1) is 17.7. The van der Waals surface area contributed by atoms with Gasteiger partial charge in [-0.15, -0.1) is 0 Å². The highest BCUT2D eigenvalue weighted by atomic mass is 16.1. The summed E-state index contributed by atoms with van der Waals surface area (Å²) in [5.41, 5.74) is 5.54. The largest absolute Gasteiger partial charge is 0.295 e. The van der Waals surface area contributed by atoms with Crippen LogP contribution in [0.25, 0.3) is 5.69 Å². The monoisotopic (exact) mass is 367 g/mol. The third-order valence-electron chi connectivity index (χ3n) is 4.72. The molecule has 4 rings (SSSR count). The molecule has 4 heteroatoms. The van der Waals surface area contributed by atoms with Crippen molar-refractivity contribution in [1.29, 1.82) is 0 Å². The fraction of sp³-hybridized carbons (Fsp3) is 0.0833. The number of nitrogens with zero attached hydrogens (tertiary/aromatic N) is 2. The summed E-state index contributed by atoms with van der Waals surface area (Å²) in [4.78, 5) is 18.2. The third kappa shape index (κ3) is 3.32. The maximum atomic E-state index is 13.3. The molecule has 3 aromatic carbocycles.